The first-order valence-electron chi connectivity index (χ1n) is 14.8. The molecule has 0 fully saturated rings. The molecule has 4 aromatic carbocycles. The predicted molar refractivity (Wildman–Crippen MR) is 199 cm³/mol. The van der Waals surface area contributed by atoms with Crippen LogP contribution in [0.4, 0.5) is 0 Å². The van der Waals surface area contributed by atoms with Crippen molar-refractivity contribution in [3.05, 3.63) is 149 Å². The third kappa shape index (κ3) is 6.99. The molecule has 0 heterocycles. The zero-order valence-electron chi connectivity index (χ0n) is 26.2. The Morgan fingerprint density at radius 1 is 0.636 bits per heavy atom. The second-order valence-corrected chi connectivity index (χ2v) is 21.8. The van der Waals surface area contributed by atoms with Gasteiger partial charge in [-0.3, -0.25) is 0 Å². The molecule has 0 N–H and O–H groups in total. The fourth-order valence-electron chi connectivity index (χ4n) is 6.34. The van der Waals surface area contributed by atoms with Crippen LogP contribution in [-0.4, -0.2) is 3.21 Å². The van der Waals surface area contributed by atoms with Crippen molar-refractivity contribution in [2.75, 3.05) is 0 Å². The molecule has 6 rings (SSSR count). The summed E-state index contributed by atoms with van der Waals surface area (Å²) in [6, 6.07) is 33.0. The Kier molecular flexibility index (Phi) is 11.1. The first-order chi connectivity index (χ1) is 19.9. The Morgan fingerprint density at radius 3 is 1.43 bits per heavy atom. The fourth-order valence-corrected chi connectivity index (χ4v) is 15.9. The Labute approximate surface area is 300 Å². The van der Waals surface area contributed by atoms with E-state index in [2.05, 4.69) is 177 Å². The standard InChI is InChI=1S/C21H25.C13H8Br2.C5H5.2ClH.Zr/c1-20(2,3)16-9-7-14-11-15-8-10-17(21(4,5)6)13-19(15)18(14)12-16;14-12-5-1-10(2-6-12)9-11-3-7-13(15)8-4-11;1-2-4-5-3-1;;;/h7-13H,1-6H3;1-8H;1-3H,4H2;2*1H;. The van der Waals surface area contributed by atoms with Gasteiger partial charge in [0.2, 0.25) is 0 Å². The molecule has 0 bridgehead atoms. The SMILES string of the molecule is CC(C)(C)c1ccc2c(c1)-c1cc(C(C)(C)C)ccc1[CH]2[Zr]([C]1=CC=CC1)=[C](c1ccc(Br)cc1)c1ccc(Br)cc1.Cl.Cl. The maximum Gasteiger partial charge on any atom is -0.147 e. The van der Waals surface area contributed by atoms with Crippen LogP contribution in [-0.2, 0) is 32.1 Å². The van der Waals surface area contributed by atoms with Gasteiger partial charge in [0.25, 0.3) is 0 Å². The average molecular weight is 831 g/mol. The molecule has 4 aromatic rings. The van der Waals surface area contributed by atoms with Crippen molar-refractivity contribution in [1.29, 1.82) is 0 Å². The van der Waals surface area contributed by atoms with E-state index in [0.717, 1.165) is 15.4 Å². The molecule has 0 spiro atoms. The zero-order chi connectivity index (χ0) is 29.8. The molecule has 0 atom stereocenters. The Bertz CT molecular complexity index is 1660. The summed E-state index contributed by atoms with van der Waals surface area (Å²) in [5.74, 6) is 0. The van der Waals surface area contributed by atoms with Crippen LogP contribution in [0.5, 0.6) is 0 Å². The maximum atomic E-state index is 3.70. The third-order valence-electron chi connectivity index (χ3n) is 8.69. The number of rotatable bonds is 4. The summed E-state index contributed by atoms with van der Waals surface area (Å²) in [5, 5.41) is 0. The van der Waals surface area contributed by atoms with Crippen LogP contribution in [0.15, 0.2) is 115 Å². The summed E-state index contributed by atoms with van der Waals surface area (Å²) in [4.78, 5) is 0. The van der Waals surface area contributed by atoms with Crippen molar-refractivity contribution in [3.63, 3.8) is 0 Å². The molecule has 44 heavy (non-hydrogen) atoms. The summed E-state index contributed by atoms with van der Waals surface area (Å²) in [7, 11) is 0. The normalized spacial score (nSPS) is 13.9. The van der Waals surface area contributed by atoms with Gasteiger partial charge >= 0.3 is 279 Å². The van der Waals surface area contributed by atoms with E-state index >= 15 is 0 Å². The molecule has 0 aliphatic heterocycles. The molecule has 0 nitrogen and oxygen atoms in total. The van der Waals surface area contributed by atoms with Crippen molar-refractivity contribution >= 4 is 59.9 Å². The van der Waals surface area contributed by atoms with E-state index in [-0.39, 0.29) is 35.6 Å². The van der Waals surface area contributed by atoms with Crippen LogP contribution in [0.25, 0.3) is 11.1 Å². The van der Waals surface area contributed by atoms with E-state index in [0.29, 0.717) is 3.63 Å². The van der Waals surface area contributed by atoms with Crippen LogP contribution < -0.4 is 0 Å². The van der Waals surface area contributed by atoms with Crippen molar-refractivity contribution in [2.45, 2.75) is 62.4 Å². The number of halogens is 4. The first-order valence-corrected chi connectivity index (χ1v) is 20.3. The van der Waals surface area contributed by atoms with E-state index in [1.54, 1.807) is 6.49 Å². The predicted octanol–water partition coefficient (Wildman–Crippen LogP) is 12.5. The van der Waals surface area contributed by atoms with Gasteiger partial charge < -0.3 is 0 Å². The molecule has 0 aromatic heterocycles. The number of hydrogen-bond acceptors (Lipinski definition) is 0. The first kappa shape index (κ1) is 35.5. The van der Waals surface area contributed by atoms with Gasteiger partial charge in [0.15, 0.2) is 0 Å². The largest absolute Gasteiger partial charge is 0.147 e. The molecular formula is C39H40Br2Cl2Zr. The minimum absolute atomic E-state index is 0. The Balaban J connectivity index is 0.00000221. The van der Waals surface area contributed by atoms with Crippen LogP contribution in [0.1, 0.15) is 85.0 Å². The molecule has 2 aliphatic rings. The molecular weight excluding hydrogens is 790 g/mol. The summed E-state index contributed by atoms with van der Waals surface area (Å²) in [5.41, 5.74) is 11.7. The number of fused-ring (bicyclic) bond motifs is 3. The van der Waals surface area contributed by atoms with Crippen molar-refractivity contribution in [3.8, 4) is 11.1 Å². The molecule has 0 unspecified atom stereocenters. The molecule has 5 heteroatoms. The van der Waals surface area contributed by atoms with E-state index in [1.165, 1.54) is 44.5 Å². The fraction of sp³-hybridized carbons (Fsp3) is 0.256. The molecule has 0 radical (unpaired) electrons. The summed E-state index contributed by atoms with van der Waals surface area (Å²) in [6.45, 7) is 14.0. The van der Waals surface area contributed by atoms with Gasteiger partial charge in [0, 0.05) is 0 Å². The van der Waals surface area contributed by atoms with Crippen LogP contribution >= 0.6 is 56.7 Å². The topological polar surface area (TPSA) is 0 Å². The molecule has 0 saturated carbocycles. The van der Waals surface area contributed by atoms with Gasteiger partial charge in [-0.2, -0.15) is 0 Å². The van der Waals surface area contributed by atoms with Crippen LogP contribution in [0, 0.1) is 0 Å². The van der Waals surface area contributed by atoms with Gasteiger partial charge in [0.05, 0.1) is 0 Å². The van der Waals surface area contributed by atoms with Gasteiger partial charge in [0.1, 0.15) is 0 Å². The smallest absolute Gasteiger partial charge is 0.147 e. The van der Waals surface area contributed by atoms with E-state index in [4.69, 9.17) is 0 Å². The van der Waals surface area contributed by atoms with Crippen molar-refractivity contribution in [2.24, 2.45) is 0 Å². The summed E-state index contributed by atoms with van der Waals surface area (Å²) < 4.78 is 5.90. The van der Waals surface area contributed by atoms with Gasteiger partial charge in [-0.1, -0.05) is 0 Å². The average Bonchev–Trinajstić information content (AvgIpc) is 3.58. The second kappa shape index (κ2) is 13.8. The molecule has 228 valence electrons. The van der Waals surface area contributed by atoms with Crippen LogP contribution in [0.3, 0.4) is 0 Å². The minimum atomic E-state index is -2.69. The monoisotopic (exact) mass is 826 g/mol. The van der Waals surface area contributed by atoms with Crippen LogP contribution in [0.2, 0.25) is 0 Å². The van der Waals surface area contributed by atoms with E-state index in [9.17, 15) is 0 Å². The van der Waals surface area contributed by atoms with Gasteiger partial charge in [-0.05, 0) is 0 Å². The number of benzene rings is 4. The molecule has 0 amide bonds. The number of hydrogen-bond donors (Lipinski definition) is 0. The van der Waals surface area contributed by atoms with Gasteiger partial charge in [-0.15, -0.1) is 24.8 Å². The van der Waals surface area contributed by atoms with E-state index < -0.39 is 21.3 Å². The summed E-state index contributed by atoms with van der Waals surface area (Å²) >= 11 is 4.71. The third-order valence-corrected chi connectivity index (χ3v) is 18.1. The Morgan fingerprint density at radius 2 is 1.07 bits per heavy atom. The maximum absolute atomic E-state index is 3.70. The molecule has 2 aliphatic carbocycles. The minimum Gasteiger partial charge on any atom is -0.147 e. The zero-order valence-corrected chi connectivity index (χ0v) is 33.4. The molecule has 0 saturated heterocycles. The van der Waals surface area contributed by atoms with Gasteiger partial charge in [-0.25, -0.2) is 0 Å². The van der Waals surface area contributed by atoms with Crippen molar-refractivity contribution in [1.82, 2.24) is 0 Å². The van der Waals surface area contributed by atoms with E-state index in [1.807, 2.05) is 0 Å². The summed E-state index contributed by atoms with van der Waals surface area (Å²) in [6.07, 6.45) is 8.17. The van der Waals surface area contributed by atoms with Crippen molar-refractivity contribution < 1.29 is 21.3 Å². The number of allylic oxidation sites excluding steroid dienone is 4. The quantitative estimate of drug-likeness (QED) is 0.192. The second-order valence-electron chi connectivity index (χ2n) is 13.7. The Hall–Kier alpha value is -1.35.